The van der Waals surface area contributed by atoms with E-state index in [0.717, 1.165) is 0 Å². The van der Waals surface area contributed by atoms with Crippen LogP contribution in [0.3, 0.4) is 0 Å². The van der Waals surface area contributed by atoms with E-state index in [4.69, 9.17) is 0 Å². The molecule has 0 aliphatic heterocycles. The Bertz CT molecular complexity index is 440. The molecule has 0 aliphatic rings. The van der Waals surface area contributed by atoms with Crippen LogP contribution in [0.5, 0.6) is 0 Å². The molecule has 0 unspecified atom stereocenters. The van der Waals surface area contributed by atoms with Gasteiger partial charge in [0.05, 0.1) is 5.75 Å². The lowest BCUT2D eigenvalue weighted by atomic mass is 10.1. The summed E-state index contributed by atoms with van der Waals surface area (Å²) in [4.78, 5) is 0. The molecule has 0 aromatic heterocycles. The highest BCUT2D eigenvalue weighted by molar-refractivity contribution is 7.90. The highest BCUT2D eigenvalue weighted by Crippen LogP contribution is 2.04. The lowest BCUT2D eigenvalue weighted by Crippen LogP contribution is -2.32. The van der Waals surface area contributed by atoms with Crippen molar-refractivity contribution >= 4 is 9.84 Å². The first kappa shape index (κ1) is 13.2. The van der Waals surface area contributed by atoms with Crippen LogP contribution < -0.4 is 5.32 Å². The zero-order valence-electron chi connectivity index (χ0n) is 10.0. The van der Waals surface area contributed by atoms with Gasteiger partial charge < -0.3 is 5.32 Å². The van der Waals surface area contributed by atoms with Gasteiger partial charge in [0.25, 0.3) is 0 Å². The fourth-order valence-corrected chi connectivity index (χ4v) is 2.65. The van der Waals surface area contributed by atoms with Crippen LogP contribution in [0.1, 0.15) is 18.1 Å². The molecule has 0 heterocycles. The molecule has 90 valence electrons. The molecule has 0 fully saturated rings. The standard InChI is InChI=1S/C12H19NO2S/c1-10-5-4-6-12(7-10)8-13-11(2)9-16(3,14)15/h4-7,11,13H,8-9H2,1-3H3/t11-/m1/s1. The molecular weight excluding hydrogens is 222 g/mol. The van der Waals surface area contributed by atoms with Gasteiger partial charge >= 0.3 is 0 Å². The molecule has 16 heavy (non-hydrogen) atoms. The minimum absolute atomic E-state index is 0.0180. The Hall–Kier alpha value is -0.870. The smallest absolute Gasteiger partial charge is 0.148 e. The summed E-state index contributed by atoms with van der Waals surface area (Å²) in [5.41, 5.74) is 2.40. The number of hydrogen-bond acceptors (Lipinski definition) is 3. The van der Waals surface area contributed by atoms with Crippen molar-refractivity contribution in [1.29, 1.82) is 0 Å². The quantitative estimate of drug-likeness (QED) is 0.850. The van der Waals surface area contributed by atoms with Gasteiger partial charge in [0.1, 0.15) is 9.84 Å². The third kappa shape index (κ3) is 5.28. The topological polar surface area (TPSA) is 46.2 Å². The molecule has 1 aromatic carbocycles. The van der Waals surface area contributed by atoms with Crippen molar-refractivity contribution in [2.45, 2.75) is 26.4 Å². The van der Waals surface area contributed by atoms with Crippen LogP contribution in [0.4, 0.5) is 0 Å². The summed E-state index contributed by atoms with van der Waals surface area (Å²) in [7, 11) is -2.90. The lowest BCUT2D eigenvalue weighted by molar-refractivity contribution is 0.560. The van der Waals surface area contributed by atoms with E-state index in [-0.39, 0.29) is 11.8 Å². The van der Waals surface area contributed by atoms with Gasteiger partial charge in [0.2, 0.25) is 0 Å². The van der Waals surface area contributed by atoms with E-state index in [0.29, 0.717) is 6.54 Å². The number of aryl methyl sites for hydroxylation is 1. The van der Waals surface area contributed by atoms with Crippen LogP contribution in [0.2, 0.25) is 0 Å². The third-order valence-electron chi connectivity index (χ3n) is 2.29. The van der Waals surface area contributed by atoms with E-state index in [1.165, 1.54) is 17.4 Å². The molecule has 0 aliphatic carbocycles. The predicted octanol–water partition coefficient (Wildman–Crippen LogP) is 1.52. The molecule has 0 saturated heterocycles. The number of sulfone groups is 1. The van der Waals surface area contributed by atoms with Crippen LogP contribution in [-0.4, -0.2) is 26.5 Å². The monoisotopic (exact) mass is 241 g/mol. The Morgan fingerprint density at radius 3 is 2.62 bits per heavy atom. The van der Waals surface area contributed by atoms with Gasteiger partial charge in [0.15, 0.2) is 0 Å². The Morgan fingerprint density at radius 2 is 2.06 bits per heavy atom. The molecule has 0 bridgehead atoms. The Morgan fingerprint density at radius 1 is 1.38 bits per heavy atom. The van der Waals surface area contributed by atoms with E-state index in [9.17, 15) is 8.42 Å². The minimum atomic E-state index is -2.90. The predicted molar refractivity (Wildman–Crippen MR) is 67.2 cm³/mol. The summed E-state index contributed by atoms with van der Waals surface area (Å²) in [6.07, 6.45) is 1.26. The second kappa shape index (κ2) is 5.46. The molecule has 0 spiro atoms. The fourth-order valence-electron chi connectivity index (χ4n) is 1.63. The van der Waals surface area contributed by atoms with Crippen molar-refractivity contribution in [2.24, 2.45) is 0 Å². The number of rotatable bonds is 5. The van der Waals surface area contributed by atoms with E-state index < -0.39 is 9.84 Å². The van der Waals surface area contributed by atoms with Gasteiger partial charge in [0, 0.05) is 18.8 Å². The molecular formula is C12H19NO2S. The van der Waals surface area contributed by atoms with Crippen molar-refractivity contribution in [3.05, 3.63) is 35.4 Å². The van der Waals surface area contributed by atoms with E-state index in [1.54, 1.807) is 0 Å². The lowest BCUT2D eigenvalue weighted by Gasteiger charge is -2.12. The molecule has 0 radical (unpaired) electrons. The van der Waals surface area contributed by atoms with E-state index >= 15 is 0 Å². The fraction of sp³-hybridized carbons (Fsp3) is 0.500. The SMILES string of the molecule is Cc1cccc(CN[C@H](C)CS(C)(=O)=O)c1. The first-order valence-corrected chi connectivity index (χ1v) is 7.39. The Kier molecular flexibility index (Phi) is 4.50. The maximum atomic E-state index is 11.1. The first-order valence-electron chi connectivity index (χ1n) is 5.33. The first-order chi connectivity index (χ1) is 7.37. The third-order valence-corrected chi connectivity index (χ3v) is 3.40. The molecule has 1 aromatic rings. The van der Waals surface area contributed by atoms with Crippen LogP contribution in [0.25, 0.3) is 0 Å². The average Bonchev–Trinajstić information content (AvgIpc) is 2.12. The van der Waals surface area contributed by atoms with Crippen molar-refractivity contribution < 1.29 is 8.42 Å². The van der Waals surface area contributed by atoms with Crippen molar-refractivity contribution in [3.63, 3.8) is 0 Å². The van der Waals surface area contributed by atoms with Gasteiger partial charge in [-0.2, -0.15) is 0 Å². The number of benzene rings is 1. The molecule has 4 heteroatoms. The van der Waals surface area contributed by atoms with Gasteiger partial charge in [-0.25, -0.2) is 8.42 Å². The highest BCUT2D eigenvalue weighted by atomic mass is 32.2. The van der Waals surface area contributed by atoms with Crippen LogP contribution >= 0.6 is 0 Å². The van der Waals surface area contributed by atoms with Gasteiger partial charge in [-0.3, -0.25) is 0 Å². The van der Waals surface area contributed by atoms with Gasteiger partial charge in [-0.1, -0.05) is 29.8 Å². The summed E-state index contributed by atoms with van der Waals surface area (Å²) in [5.74, 6) is 0.179. The van der Waals surface area contributed by atoms with E-state index in [2.05, 4.69) is 11.4 Å². The molecule has 3 nitrogen and oxygen atoms in total. The Labute approximate surface area is 97.8 Å². The maximum absolute atomic E-state index is 11.1. The second-order valence-corrected chi connectivity index (χ2v) is 6.55. The Balaban J connectivity index is 2.46. The average molecular weight is 241 g/mol. The number of nitrogens with one attached hydrogen (secondary N) is 1. The van der Waals surface area contributed by atoms with Crippen LogP contribution in [0.15, 0.2) is 24.3 Å². The molecule has 1 N–H and O–H groups in total. The van der Waals surface area contributed by atoms with E-state index in [1.807, 2.05) is 32.0 Å². The van der Waals surface area contributed by atoms with Crippen LogP contribution in [-0.2, 0) is 16.4 Å². The summed E-state index contributed by atoms with van der Waals surface area (Å²) in [5, 5.41) is 3.20. The normalized spacial score (nSPS) is 13.7. The van der Waals surface area contributed by atoms with Crippen LogP contribution in [0, 0.1) is 6.92 Å². The van der Waals surface area contributed by atoms with Gasteiger partial charge in [-0.05, 0) is 19.4 Å². The number of hydrogen-bond donors (Lipinski definition) is 1. The summed E-state index contributed by atoms with van der Waals surface area (Å²) < 4.78 is 22.1. The zero-order valence-corrected chi connectivity index (χ0v) is 10.8. The van der Waals surface area contributed by atoms with Crippen molar-refractivity contribution in [1.82, 2.24) is 5.32 Å². The van der Waals surface area contributed by atoms with Gasteiger partial charge in [-0.15, -0.1) is 0 Å². The summed E-state index contributed by atoms with van der Waals surface area (Å²) >= 11 is 0. The molecule has 0 saturated carbocycles. The molecule has 0 amide bonds. The maximum Gasteiger partial charge on any atom is 0.148 e. The molecule has 1 rings (SSSR count). The summed E-state index contributed by atoms with van der Waals surface area (Å²) in [6, 6.07) is 8.17. The molecule has 1 atom stereocenters. The second-order valence-electron chi connectivity index (χ2n) is 4.36. The zero-order chi connectivity index (χ0) is 12.2. The highest BCUT2D eigenvalue weighted by Gasteiger charge is 2.09. The minimum Gasteiger partial charge on any atom is -0.309 e. The van der Waals surface area contributed by atoms with Crippen molar-refractivity contribution in [3.8, 4) is 0 Å². The van der Waals surface area contributed by atoms with Crippen molar-refractivity contribution in [2.75, 3.05) is 12.0 Å². The largest absolute Gasteiger partial charge is 0.309 e. The summed E-state index contributed by atoms with van der Waals surface area (Å²) in [6.45, 7) is 4.64.